The first-order valence-corrected chi connectivity index (χ1v) is 14.0. The number of carbonyl (C=O) groups is 3. The van der Waals surface area contributed by atoms with E-state index in [1.165, 1.54) is 12.2 Å². The zero-order chi connectivity index (χ0) is 31.6. The predicted molar refractivity (Wildman–Crippen MR) is 174 cm³/mol. The number of ketones is 1. The molecule has 0 unspecified atom stereocenters. The second-order valence-corrected chi connectivity index (χ2v) is 9.79. The maximum Gasteiger partial charge on any atom is 0.272 e. The van der Waals surface area contributed by atoms with Gasteiger partial charge in [-0.05, 0) is 84.4 Å². The van der Waals surface area contributed by atoms with Crippen LogP contribution in [0.25, 0.3) is 23.5 Å². The number of nitrogens with one attached hydrogen (secondary N) is 2. The molecule has 0 saturated carbocycles. The molecule has 0 spiro atoms. The Morgan fingerprint density at radius 1 is 0.733 bits per heavy atom. The van der Waals surface area contributed by atoms with Crippen molar-refractivity contribution in [3.63, 3.8) is 0 Å². The number of amides is 2. The molecule has 0 atom stereocenters. The van der Waals surface area contributed by atoms with Crippen LogP contribution >= 0.6 is 0 Å². The summed E-state index contributed by atoms with van der Waals surface area (Å²) >= 11 is 0. The predicted octanol–water partition coefficient (Wildman–Crippen LogP) is 7.27. The molecule has 0 saturated heterocycles. The average molecular weight is 599 g/mol. The summed E-state index contributed by atoms with van der Waals surface area (Å²) in [5, 5.41) is 5.48. The largest absolute Gasteiger partial charge is 0.497 e. The number of anilines is 1. The molecular weight excluding hydrogens is 568 g/mol. The molecule has 0 radical (unpaired) electrons. The molecule has 45 heavy (non-hydrogen) atoms. The third-order valence-corrected chi connectivity index (χ3v) is 6.76. The van der Waals surface area contributed by atoms with Gasteiger partial charge in [-0.15, -0.1) is 0 Å². The molecular formula is C37H30N2O6. The maximum absolute atomic E-state index is 13.4. The number of furan rings is 1. The summed E-state index contributed by atoms with van der Waals surface area (Å²) in [5.74, 6) is 0.975. The molecule has 4 aromatic carbocycles. The number of carbonyl (C=O) groups excluding carboxylic acids is 3. The number of benzene rings is 4. The van der Waals surface area contributed by atoms with E-state index in [9.17, 15) is 14.4 Å². The fourth-order valence-electron chi connectivity index (χ4n) is 4.44. The molecule has 2 amide bonds. The van der Waals surface area contributed by atoms with Crippen molar-refractivity contribution >= 4 is 35.4 Å². The summed E-state index contributed by atoms with van der Waals surface area (Å²) in [7, 11) is 3.16. The molecule has 0 aliphatic carbocycles. The van der Waals surface area contributed by atoms with E-state index in [1.807, 2.05) is 48.5 Å². The lowest BCUT2D eigenvalue weighted by Gasteiger charge is -2.11. The zero-order valence-electron chi connectivity index (χ0n) is 24.7. The van der Waals surface area contributed by atoms with Crippen molar-refractivity contribution in [2.45, 2.75) is 0 Å². The normalized spacial score (nSPS) is 11.2. The van der Waals surface area contributed by atoms with Gasteiger partial charge in [0, 0.05) is 22.9 Å². The summed E-state index contributed by atoms with van der Waals surface area (Å²) in [6.45, 7) is 0. The third-order valence-electron chi connectivity index (χ3n) is 6.76. The van der Waals surface area contributed by atoms with E-state index in [4.69, 9.17) is 13.9 Å². The molecule has 1 aromatic heterocycles. The number of para-hydroxylation sites is 1. The smallest absolute Gasteiger partial charge is 0.272 e. The molecule has 8 nitrogen and oxygen atoms in total. The van der Waals surface area contributed by atoms with Crippen LogP contribution in [0.3, 0.4) is 0 Å². The van der Waals surface area contributed by atoms with E-state index in [2.05, 4.69) is 10.6 Å². The molecule has 0 fully saturated rings. The fourth-order valence-corrected chi connectivity index (χ4v) is 4.44. The Hall–Kier alpha value is -6.15. The molecule has 224 valence electrons. The Bertz CT molecular complexity index is 1870. The number of allylic oxidation sites excluding steroid dienone is 1. The standard InChI is InChI=1S/C37H30N2O6/c1-43-29-12-8-9-25(23-29)15-21-33(40)26-16-18-28(19-17-26)38-37(42)32(39-36(41)27-10-4-3-5-11-27)24-30-20-22-35(45-30)31-13-6-7-14-34(31)44-2/h3-24H,1-2H3,(H,38,42)(H,39,41)/b21-15+,32-24-. The Morgan fingerprint density at radius 3 is 2.24 bits per heavy atom. The molecule has 0 aliphatic heterocycles. The summed E-state index contributed by atoms with van der Waals surface area (Å²) in [4.78, 5) is 39.2. The molecule has 0 aliphatic rings. The van der Waals surface area contributed by atoms with Gasteiger partial charge in [0.25, 0.3) is 11.8 Å². The van der Waals surface area contributed by atoms with E-state index in [-0.39, 0.29) is 11.5 Å². The first kappa shape index (κ1) is 30.3. The van der Waals surface area contributed by atoms with Crippen molar-refractivity contribution in [3.8, 4) is 22.8 Å². The zero-order valence-corrected chi connectivity index (χ0v) is 24.7. The Kier molecular flexibility index (Phi) is 9.67. The van der Waals surface area contributed by atoms with E-state index in [0.29, 0.717) is 39.8 Å². The van der Waals surface area contributed by atoms with Crippen molar-refractivity contribution < 1.29 is 28.3 Å². The minimum atomic E-state index is -0.577. The number of hydrogen-bond donors (Lipinski definition) is 2. The second-order valence-electron chi connectivity index (χ2n) is 9.79. The fraction of sp³-hybridized carbons (Fsp3) is 0.0541. The SMILES string of the molecule is COc1cccc(/C=C/C(=O)c2ccc(NC(=O)/C(=C/c3ccc(-c4ccccc4OC)o3)NC(=O)c3ccccc3)cc2)c1. The first-order chi connectivity index (χ1) is 21.9. The highest BCUT2D eigenvalue weighted by atomic mass is 16.5. The van der Waals surface area contributed by atoms with Crippen LogP contribution in [0.4, 0.5) is 5.69 Å². The highest BCUT2D eigenvalue weighted by molar-refractivity contribution is 6.11. The number of ether oxygens (including phenoxy) is 2. The van der Waals surface area contributed by atoms with Gasteiger partial charge in [0.15, 0.2) is 5.78 Å². The lowest BCUT2D eigenvalue weighted by molar-refractivity contribution is -0.113. The van der Waals surface area contributed by atoms with Crippen LogP contribution < -0.4 is 20.1 Å². The third kappa shape index (κ3) is 7.82. The molecule has 1 heterocycles. The van der Waals surface area contributed by atoms with Gasteiger partial charge in [-0.1, -0.05) is 48.5 Å². The summed E-state index contributed by atoms with van der Waals surface area (Å²) in [6, 6.07) is 33.3. The van der Waals surface area contributed by atoms with E-state index in [1.54, 1.807) is 87.0 Å². The lowest BCUT2D eigenvalue weighted by atomic mass is 10.1. The van der Waals surface area contributed by atoms with E-state index in [0.717, 1.165) is 11.1 Å². The van der Waals surface area contributed by atoms with Crippen molar-refractivity contribution in [3.05, 3.63) is 149 Å². The van der Waals surface area contributed by atoms with Crippen LogP contribution in [0.5, 0.6) is 11.5 Å². The topological polar surface area (TPSA) is 107 Å². The van der Waals surface area contributed by atoms with Gasteiger partial charge in [-0.2, -0.15) is 0 Å². The van der Waals surface area contributed by atoms with Crippen molar-refractivity contribution in [1.82, 2.24) is 5.32 Å². The van der Waals surface area contributed by atoms with Crippen LogP contribution in [-0.4, -0.2) is 31.8 Å². The van der Waals surface area contributed by atoms with Crippen molar-refractivity contribution in [1.29, 1.82) is 0 Å². The van der Waals surface area contributed by atoms with Gasteiger partial charge >= 0.3 is 0 Å². The minimum absolute atomic E-state index is 0.0360. The van der Waals surface area contributed by atoms with Crippen LogP contribution in [0.2, 0.25) is 0 Å². The summed E-state index contributed by atoms with van der Waals surface area (Å²) < 4.78 is 16.7. The van der Waals surface area contributed by atoms with E-state index >= 15 is 0 Å². The van der Waals surface area contributed by atoms with Gasteiger partial charge in [0.2, 0.25) is 0 Å². The van der Waals surface area contributed by atoms with Gasteiger partial charge < -0.3 is 24.5 Å². The minimum Gasteiger partial charge on any atom is -0.497 e. The van der Waals surface area contributed by atoms with Crippen molar-refractivity contribution in [2.75, 3.05) is 19.5 Å². The van der Waals surface area contributed by atoms with Gasteiger partial charge in [0.05, 0.1) is 19.8 Å². The number of methoxy groups -OCH3 is 2. The van der Waals surface area contributed by atoms with Gasteiger partial charge in [0.1, 0.15) is 28.7 Å². The van der Waals surface area contributed by atoms with Crippen LogP contribution in [0.15, 0.2) is 131 Å². The second kappa shape index (κ2) is 14.3. The molecule has 5 aromatic rings. The molecule has 0 bridgehead atoms. The first-order valence-electron chi connectivity index (χ1n) is 14.0. The maximum atomic E-state index is 13.4. The quantitative estimate of drug-likeness (QED) is 0.122. The highest BCUT2D eigenvalue weighted by Crippen LogP contribution is 2.31. The Balaban J connectivity index is 1.34. The van der Waals surface area contributed by atoms with Crippen LogP contribution in [0, 0.1) is 0 Å². The Labute approximate surface area is 260 Å². The van der Waals surface area contributed by atoms with Gasteiger partial charge in [-0.25, -0.2) is 0 Å². The lowest BCUT2D eigenvalue weighted by Crippen LogP contribution is -2.30. The van der Waals surface area contributed by atoms with Crippen LogP contribution in [-0.2, 0) is 4.79 Å². The van der Waals surface area contributed by atoms with Crippen LogP contribution in [0.1, 0.15) is 32.0 Å². The molecule has 8 heteroatoms. The highest BCUT2D eigenvalue weighted by Gasteiger charge is 2.17. The number of hydrogen-bond acceptors (Lipinski definition) is 6. The monoisotopic (exact) mass is 598 g/mol. The summed E-state index contributed by atoms with van der Waals surface area (Å²) in [5.41, 5.74) is 2.80. The molecule has 2 N–H and O–H groups in total. The number of rotatable bonds is 11. The molecule has 5 rings (SSSR count). The van der Waals surface area contributed by atoms with E-state index < -0.39 is 11.8 Å². The van der Waals surface area contributed by atoms with Crippen molar-refractivity contribution in [2.24, 2.45) is 0 Å². The van der Waals surface area contributed by atoms with Gasteiger partial charge in [-0.3, -0.25) is 14.4 Å². The summed E-state index contributed by atoms with van der Waals surface area (Å²) in [6.07, 6.45) is 4.64. The average Bonchev–Trinajstić information content (AvgIpc) is 3.56. The Morgan fingerprint density at radius 2 is 1.49 bits per heavy atom.